The summed E-state index contributed by atoms with van der Waals surface area (Å²) < 4.78 is 2.93. The van der Waals surface area contributed by atoms with Gasteiger partial charge in [0.2, 0.25) is 5.91 Å². The molecule has 0 aliphatic carbocycles. The summed E-state index contributed by atoms with van der Waals surface area (Å²) in [4.78, 5) is 12.7. The Bertz CT molecular complexity index is 1250. The fraction of sp³-hybridized carbons (Fsp3) is 0.160. The zero-order valence-corrected chi connectivity index (χ0v) is 20.5. The first kappa shape index (κ1) is 22.3. The lowest BCUT2D eigenvalue weighted by Crippen LogP contribution is -2.16. The normalized spacial score (nSPS) is 10.9. The molecule has 0 saturated carbocycles. The molecule has 0 aliphatic rings. The number of benzene rings is 3. The summed E-state index contributed by atoms with van der Waals surface area (Å²) >= 11 is 4.99. The van der Waals surface area contributed by atoms with Crippen molar-refractivity contribution in [1.29, 1.82) is 0 Å². The molecule has 0 radical (unpaired) electrons. The van der Waals surface area contributed by atoms with Crippen LogP contribution in [0, 0.1) is 20.8 Å². The van der Waals surface area contributed by atoms with E-state index in [4.69, 9.17) is 0 Å². The molecule has 0 bridgehead atoms. The molecule has 4 rings (SSSR count). The molecule has 5 nitrogen and oxygen atoms in total. The minimum atomic E-state index is -0.0757. The van der Waals surface area contributed by atoms with Gasteiger partial charge in [-0.05, 0) is 50.1 Å². The lowest BCUT2D eigenvalue weighted by molar-refractivity contribution is -0.113. The van der Waals surface area contributed by atoms with Gasteiger partial charge in [0.1, 0.15) is 0 Å². The number of anilines is 1. The number of thioether (sulfide) groups is 1. The first-order valence-corrected chi connectivity index (χ1v) is 12.0. The highest BCUT2D eigenvalue weighted by Gasteiger charge is 2.19. The molecule has 0 fully saturated rings. The van der Waals surface area contributed by atoms with E-state index in [9.17, 15) is 4.79 Å². The molecular formula is C25H23BrN4OS. The molecule has 0 spiro atoms. The first-order chi connectivity index (χ1) is 15.4. The molecule has 1 aromatic heterocycles. The number of hydrogen-bond donors (Lipinski definition) is 1. The number of nitrogens with zero attached hydrogens (tertiary/aromatic N) is 3. The van der Waals surface area contributed by atoms with Crippen LogP contribution >= 0.6 is 27.7 Å². The van der Waals surface area contributed by atoms with Crippen molar-refractivity contribution in [3.8, 4) is 17.1 Å². The molecule has 0 aliphatic heterocycles. The van der Waals surface area contributed by atoms with Gasteiger partial charge in [0.25, 0.3) is 0 Å². The highest BCUT2D eigenvalue weighted by Crippen LogP contribution is 2.32. The topological polar surface area (TPSA) is 59.8 Å². The van der Waals surface area contributed by atoms with Gasteiger partial charge in [-0.15, -0.1) is 10.2 Å². The average Bonchev–Trinajstić information content (AvgIpc) is 3.19. The van der Waals surface area contributed by atoms with Gasteiger partial charge in [0, 0.05) is 21.4 Å². The van der Waals surface area contributed by atoms with Crippen LogP contribution in [0.1, 0.15) is 16.7 Å². The van der Waals surface area contributed by atoms with Gasteiger partial charge in [-0.25, -0.2) is 0 Å². The highest BCUT2D eigenvalue weighted by molar-refractivity contribution is 9.10. The molecule has 32 heavy (non-hydrogen) atoms. The number of hydrogen-bond acceptors (Lipinski definition) is 4. The van der Waals surface area contributed by atoms with Gasteiger partial charge in [0.15, 0.2) is 11.0 Å². The van der Waals surface area contributed by atoms with E-state index >= 15 is 0 Å². The van der Waals surface area contributed by atoms with E-state index in [1.165, 1.54) is 17.3 Å². The molecular weight excluding hydrogens is 484 g/mol. The van der Waals surface area contributed by atoms with E-state index in [1.54, 1.807) is 0 Å². The number of rotatable bonds is 6. The molecule has 3 aromatic carbocycles. The third-order valence-electron chi connectivity index (χ3n) is 5.12. The molecule has 0 saturated heterocycles. The molecule has 1 N–H and O–H groups in total. The fourth-order valence-corrected chi connectivity index (χ4v) is 4.64. The van der Waals surface area contributed by atoms with Crippen molar-refractivity contribution in [3.63, 3.8) is 0 Å². The Kier molecular flexibility index (Phi) is 6.77. The van der Waals surface area contributed by atoms with E-state index in [1.807, 2.05) is 73.0 Å². The van der Waals surface area contributed by atoms with E-state index in [0.29, 0.717) is 5.16 Å². The minimum Gasteiger partial charge on any atom is -0.325 e. The van der Waals surface area contributed by atoms with Crippen LogP contribution in [0.3, 0.4) is 0 Å². The standard InChI is InChI=1S/C25H23BrN4OS/c1-16-11-13-19(14-12-16)30-24(20-9-4-5-10-21(20)26)28-29-25(30)32-15-22(31)27-23-17(2)7-6-8-18(23)3/h4-14H,15H2,1-3H3,(H,27,31). The minimum absolute atomic E-state index is 0.0757. The molecule has 4 aromatic rings. The lowest BCUT2D eigenvalue weighted by Gasteiger charge is -2.13. The summed E-state index contributed by atoms with van der Waals surface area (Å²) in [6.45, 7) is 6.04. The number of amides is 1. The Balaban J connectivity index is 1.63. The third kappa shape index (κ3) is 4.79. The van der Waals surface area contributed by atoms with Gasteiger partial charge in [-0.2, -0.15) is 0 Å². The zero-order valence-electron chi connectivity index (χ0n) is 18.1. The van der Waals surface area contributed by atoms with Crippen LogP contribution in [-0.4, -0.2) is 26.4 Å². The number of halogens is 1. The lowest BCUT2D eigenvalue weighted by atomic mass is 10.1. The van der Waals surface area contributed by atoms with Crippen LogP contribution in [0.25, 0.3) is 17.1 Å². The Morgan fingerprint density at radius 1 is 0.938 bits per heavy atom. The Morgan fingerprint density at radius 2 is 1.62 bits per heavy atom. The molecule has 0 atom stereocenters. The maximum atomic E-state index is 12.7. The van der Waals surface area contributed by atoms with E-state index < -0.39 is 0 Å². The van der Waals surface area contributed by atoms with Gasteiger partial charge in [-0.3, -0.25) is 9.36 Å². The monoisotopic (exact) mass is 506 g/mol. The maximum Gasteiger partial charge on any atom is 0.234 e. The number of para-hydroxylation sites is 1. The van der Waals surface area contributed by atoms with Crippen LogP contribution in [0.15, 0.2) is 76.4 Å². The fourth-order valence-electron chi connectivity index (χ4n) is 3.42. The number of aryl methyl sites for hydroxylation is 3. The van der Waals surface area contributed by atoms with Crippen LogP contribution in [0.4, 0.5) is 5.69 Å². The number of aromatic nitrogens is 3. The summed E-state index contributed by atoms with van der Waals surface area (Å²) in [6, 6.07) is 22.1. The predicted molar refractivity (Wildman–Crippen MR) is 135 cm³/mol. The zero-order chi connectivity index (χ0) is 22.7. The molecule has 7 heteroatoms. The van der Waals surface area contributed by atoms with Gasteiger partial charge in [-0.1, -0.05) is 81.8 Å². The summed E-state index contributed by atoms with van der Waals surface area (Å²) in [5, 5.41) is 12.6. The summed E-state index contributed by atoms with van der Waals surface area (Å²) in [5.41, 5.74) is 6.01. The van der Waals surface area contributed by atoms with E-state index in [2.05, 4.69) is 50.5 Å². The van der Waals surface area contributed by atoms with Gasteiger partial charge < -0.3 is 5.32 Å². The maximum absolute atomic E-state index is 12.7. The third-order valence-corrected chi connectivity index (χ3v) is 6.74. The van der Waals surface area contributed by atoms with Crippen LogP contribution in [0.5, 0.6) is 0 Å². The van der Waals surface area contributed by atoms with Crippen LogP contribution in [0.2, 0.25) is 0 Å². The summed E-state index contributed by atoms with van der Waals surface area (Å²) in [5.74, 6) is 0.876. The van der Waals surface area contributed by atoms with Gasteiger partial charge >= 0.3 is 0 Å². The molecule has 1 heterocycles. The Morgan fingerprint density at radius 3 is 2.31 bits per heavy atom. The SMILES string of the molecule is Cc1ccc(-n2c(SCC(=O)Nc3c(C)cccc3C)nnc2-c2ccccc2Br)cc1. The number of nitrogens with one attached hydrogen (secondary N) is 1. The Hall–Kier alpha value is -2.90. The van der Waals surface area contributed by atoms with Crippen LogP contribution < -0.4 is 5.32 Å². The summed E-state index contributed by atoms with van der Waals surface area (Å²) in [7, 11) is 0. The van der Waals surface area contributed by atoms with Crippen molar-refractivity contribution in [2.45, 2.75) is 25.9 Å². The second kappa shape index (κ2) is 9.71. The van der Waals surface area contributed by atoms with Gasteiger partial charge in [0.05, 0.1) is 5.75 Å². The first-order valence-electron chi connectivity index (χ1n) is 10.2. The molecule has 0 unspecified atom stereocenters. The van der Waals surface area contributed by atoms with Crippen molar-refractivity contribution in [2.24, 2.45) is 0 Å². The smallest absolute Gasteiger partial charge is 0.234 e. The van der Waals surface area contributed by atoms with Crippen molar-refractivity contribution >= 4 is 39.3 Å². The second-order valence-electron chi connectivity index (χ2n) is 7.56. The van der Waals surface area contributed by atoms with E-state index in [0.717, 1.165) is 38.4 Å². The predicted octanol–water partition coefficient (Wildman–Crippen LogP) is 6.35. The highest BCUT2D eigenvalue weighted by atomic mass is 79.9. The Labute approximate surface area is 200 Å². The van der Waals surface area contributed by atoms with Crippen molar-refractivity contribution in [3.05, 3.63) is 87.9 Å². The largest absolute Gasteiger partial charge is 0.325 e. The van der Waals surface area contributed by atoms with E-state index in [-0.39, 0.29) is 11.7 Å². The van der Waals surface area contributed by atoms with Crippen LogP contribution in [-0.2, 0) is 4.79 Å². The molecule has 162 valence electrons. The van der Waals surface area contributed by atoms with Crippen molar-refractivity contribution in [2.75, 3.05) is 11.1 Å². The second-order valence-corrected chi connectivity index (χ2v) is 9.36. The van der Waals surface area contributed by atoms with Crippen molar-refractivity contribution in [1.82, 2.24) is 14.8 Å². The quantitative estimate of drug-likeness (QED) is 0.309. The average molecular weight is 507 g/mol. The summed E-state index contributed by atoms with van der Waals surface area (Å²) in [6.07, 6.45) is 0. The van der Waals surface area contributed by atoms with Crippen molar-refractivity contribution < 1.29 is 4.79 Å². The number of carbonyl (C=O) groups excluding carboxylic acids is 1. The molecule has 1 amide bonds. The number of carbonyl (C=O) groups is 1.